The molecule has 0 spiro atoms. The second kappa shape index (κ2) is 6.48. The van der Waals surface area contributed by atoms with Crippen LogP contribution in [0.1, 0.15) is 11.4 Å². The van der Waals surface area contributed by atoms with E-state index in [9.17, 15) is 4.39 Å². The quantitative estimate of drug-likeness (QED) is 0.793. The minimum Gasteiger partial charge on any atom is -0.383 e. The lowest BCUT2D eigenvalue weighted by Crippen LogP contribution is -2.20. The Kier molecular flexibility index (Phi) is 4.41. The third-order valence-electron chi connectivity index (χ3n) is 3.58. The zero-order chi connectivity index (χ0) is 16.4. The van der Waals surface area contributed by atoms with E-state index in [-0.39, 0.29) is 5.82 Å². The number of benzene rings is 2. The second-order valence-electron chi connectivity index (χ2n) is 5.41. The normalized spacial score (nSPS) is 11.3. The molecule has 118 valence electrons. The molecule has 6 heteroatoms. The van der Waals surface area contributed by atoms with Crippen molar-refractivity contribution < 1.29 is 4.39 Å². The molecule has 0 radical (unpaired) electrons. The number of aromatic nitrogens is 2. The van der Waals surface area contributed by atoms with Gasteiger partial charge in [0, 0.05) is 22.5 Å². The largest absolute Gasteiger partial charge is 0.383 e. The molecule has 0 atom stereocenters. The zero-order valence-electron chi connectivity index (χ0n) is 12.6. The fourth-order valence-corrected chi connectivity index (χ4v) is 2.70. The van der Waals surface area contributed by atoms with Crippen LogP contribution < -0.4 is 5.73 Å². The zero-order valence-corrected chi connectivity index (χ0v) is 13.4. The van der Waals surface area contributed by atoms with Gasteiger partial charge in [-0.3, -0.25) is 4.90 Å². The van der Waals surface area contributed by atoms with Gasteiger partial charge in [-0.1, -0.05) is 29.8 Å². The van der Waals surface area contributed by atoms with Crippen molar-refractivity contribution in [3.05, 3.63) is 64.7 Å². The van der Waals surface area contributed by atoms with Crippen LogP contribution in [0.3, 0.4) is 0 Å². The number of hydrogen-bond donors (Lipinski definition) is 1. The molecule has 23 heavy (non-hydrogen) atoms. The van der Waals surface area contributed by atoms with Gasteiger partial charge in [0.15, 0.2) is 0 Å². The smallest absolute Gasteiger partial charge is 0.145 e. The average molecular weight is 331 g/mol. The summed E-state index contributed by atoms with van der Waals surface area (Å²) in [6.45, 7) is 0.807. The number of anilines is 1. The predicted molar refractivity (Wildman–Crippen MR) is 90.5 cm³/mol. The Bertz CT molecular complexity index is 833. The monoisotopic (exact) mass is 330 g/mol. The Morgan fingerprint density at radius 2 is 1.87 bits per heavy atom. The summed E-state index contributed by atoms with van der Waals surface area (Å²) >= 11 is 6.06. The third kappa shape index (κ3) is 3.41. The highest BCUT2D eigenvalue weighted by Gasteiger charge is 2.12. The molecule has 0 fully saturated rings. The van der Waals surface area contributed by atoms with E-state index in [4.69, 9.17) is 17.3 Å². The third-order valence-corrected chi connectivity index (χ3v) is 3.93. The molecule has 0 saturated heterocycles. The van der Waals surface area contributed by atoms with Crippen molar-refractivity contribution in [2.24, 2.45) is 0 Å². The molecule has 0 aliphatic rings. The maximum atomic E-state index is 13.9. The minimum absolute atomic E-state index is 0.316. The first-order chi connectivity index (χ1) is 11.0. The fraction of sp³-hybridized carbons (Fsp3) is 0.176. The summed E-state index contributed by atoms with van der Waals surface area (Å²) in [4.78, 5) is 10.7. The van der Waals surface area contributed by atoms with Crippen molar-refractivity contribution >= 4 is 28.3 Å². The van der Waals surface area contributed by atoms with E-state index in [0.29, 0.717) is 35.3 Å². The van der Waals surface area contributed by atoms with Gasteiger partial charge >= 0.3 is 0 Å². The molecule has 1 aromatic heterocycles. The molecule has 3 aromatic rings. The van der Waals surface area contributed by atoms with E-state index in [0.717, 1.165) is 10.9 Å². The molecule has 0 aliphatic heterocycles. The topological polar surface area (TPSA) is 55.0 Å². The minimum atomic E-state index is -0.316. The molecule has 0 unspecified atom stereocenters. The Balaban J connectivity index is 1.81. The lowest BCUT2D eigenvalue weighted by atomic mass is 10.2. The predicted octanol–water partition coefficient (Wildman–Crippen LogP) is 3.64. The van der Waals surface area contributed by atoms with E-state index < -0.39 is 0 Å². The average Bonchev–Trinajstić information content (AvgIpc) is 2.51. The van der Waals surface area contributed by atoms with Crippen LogP contribution in [0.25, 0.3) is 10.9 Å². The van der Waals surface area contributed by atoms with Crippen LogP contribution in [-0.4, -0.2) is 21.9 Å². The summed E-state index contributed by atoms with van der Waals surface area (Å²) in [5, 5.41) is 1.24. The number of hydrogen-bond acceptors (Lipinski definition) is 4. The highest BCUT2D eigenvalue weighted by Crippen LogP contribution is 2.21. The lowest BCUT2D eigenvalue weighted by Gasteiger charge is -2.17. The summed E-state index contributed by atoms with van der Waals surface area (Å²) in [7, 11) is 1.86. The van der Waals surface area contributed by atoms with Crippen LogP contribution in [-0.2, 0) is 13.1 Å². The fourth-order valence-electron chi connectivity index (χ4n) is 2.47. The number of nitrogen functional groups attached to an aromatic ring is 1. The van der Waals surface area contributed by atoms with Gasteiger partial charge in [0.1, 0.15) is 17.5 Å². The maximum absolute atomic E-state index is 13.9. The van der Waals surface area contributed by atoms with Crippen LogP contribution in [0.4, 0.5) is 10.2 Å². The molecular formula is C17H16ClFN4. The SMILES string of the molecule is CN(Cc1nc(N)c2ccccc2n1)Cc1c(F)cccc1Cl. The van der Waals surface area contributed by atoms with E-state index in [2.05, 4.69) is 9.97 Å². The number of halogens is 2. The van der Waals surface area contributed by atoms with Gasteiger partial charge < -0.3 is 5.73 Å². The number of fused-ring (bicyclic) bond motifs is 1. The molecule has 2 N–H and O–H groups in total. The molecule has 4 nitrogen and oxygen atoms in total. The molecular weight excluding hydrogens is 315 g/mol. The van der Waals surface area contributed by atoms with Gasteiger partial charge in [-0.25, -0.2) is 14.4 Å². The summed E-state index contributed by atoms with van der Waals surface area (Å²) in [5.41, 5.74) is 7.24. The van der Waals surface area contributed by atoms with Gasteiger partial charge in [0.25, 0.3) is 0 Å². The Labute approximate surface area is 138 Å². The Morgan fingerprint density at radius 3 is 2.65 bits per heavy atom. The molecule has 0 saturated carbocycles. The first-order valence-corrected chi connectivity index (χ1v) is 7.55. The molecule has 1 heterocycles. The lowest BCUT2D eigenvalue weighted by molar-refractivity contribution is 0.306. The van der Waals surface area contributed by atoms with E-state index >= 15 is 0 Å². The number of nitrogens with two attached hydrogens (primary N) is 1. The second-order valence-corrected chi connectivity index (χ2v) is 5.82. The van der Waals surface area contributed by atoms with E-state index in [1.54, 1.807) is 12.1 Å². The summed E-state index contributed by atoms with van der Waals surface area (Å²) < 4.78 is 13.9. The maximum Gasteiger partial charge on any atom is 0.145 e. The van der Waals surface area contributed by atoms with Gasteiger partial charge in [0.2, 0.25) is 0 Å². The molecule has 0 amide bonds. The molecule has 3 rings (SSSR count). The molecule has 0 aliphatic carbocycles. The van der Waals surface area contributed by atoms with Crippen LogP contribution in [0.15, 0.2) is 42.5 Å². The summed E-state index contributed by atoms with van der Waals surface area (Å²) in [5.74, 6) is 0.724. The molecule has 2 aromatic carbocycles. The van der Waals surface area contributed by atoms with Gasteiger partial charge in [-0.05, 0) is 31.3 Å². The van der Waals surface area contributed by atoms with Gasteiger partial charge in [-0.2, -0.15) is 0 Å². The van der Waals surface area contributed by atoms with Crippen LogP contribution in [0.2, 0.25) is 5.02 Å². The van der Waals surface area contributed by atoms with Crippen molar-refractivity contribution in [2.75, 3.05) is 12.8 Å². The van der Waals surface area contributed by atoms with E-state index in [1.165, 1.54) is 6.07 Å². The van der Waals surface area contributed by atoms with Crippen molar-refractivity contribution in [2.45, 2.75) is 13.1 Å². The standard InChI is InChI=1S/C17H16ClFN4/c1-23(9-12-13(18)6-4-7-14(12)19)10-16-21-15-8-3-2-5-11(15)17(20)22-16/h2-8H,9-10H2,1H3,(H2,20,21,22). The van der Waals surface area contributed by atoms with E-state index in [1.807, 2.05) is 36.2 Å². The first kappa shape index (κ1) is 15.6. The Morgan fingerprint density at radius 1 is 1.09 bits per heavy atom. The molecule has 0 bridgehead atoms. The van der Waals surface area contributed by atoms with Crippen LogP contribution in [0, 0.1) is 5.82 Å². The highest BCUT2D eigenvalue weighted by atomic mass is 35.5. The van der Waals surface area contributed by atoms with Gasteiger partial charge in [-0.15, -0.1) is 0 Å². The number of para-hydroxylation sites is 1. The summed E-state index contributed by atoms with van der Waals surface area (Å²) in [6.07, 6.45) is 0. The van der Waals surface area contributed by atoms with Crippen molar-refractivity contribution in [3.63, 3.8) is 0 Å². The van der Waals surface area contributed by atoms with Crippen molar-refractivity contribution in [3.8, 4) is 0 Å². The van der Waals surface area contributed by atoms with Crippen molar-refractivity contribution in [1.82, 2.24) is 14.9 Å². The first-order valence-electron chi connectivity index (χ1n) is 7.17. The summed E-state index contributed by atoms with van der Waals surface area (Å²) in [6, 6.07) is 12.3. The van der Waals surface area contributed by atoms with Crippen LogP contribution in [0.5, 0.6) is 0 Å². The Hall–Kier alpha value is -2.24. The number of nitrogens with zero attached hydrogens (tertiary/aromatic N) is 3. The van der Waals surface area contributed by atoms with Gasteiger partial charge in [0.05, 0.1) is 12.1 Å². The van der Waals surface area contributed by atoms with Crippen LogP contribution >= 0.6 is 11.6 Å². The number of rotatable bonds is 4. The van der Waals surface area contributed by atoms with Crippen molar-refractivity contribution in [1.29, 1.82) is 0 Å². The highest BCUT2D eigenvalue weighted by molar-refractivity contribution is 6.31.